The lowest BCUT2D eigenvalue weighted by Gasteiger charge is -2.08. The number of rotatable bonds is 5. The van der Waals surface area contributed by atoms with Crippen molar-refractivity contribution in [1.82, 2.24) is 0 Å². The summed E-state index contributed by atoms with van der Waals surface area (Å²) in [5, 5.41) is 0. The molecule has 0 nitrogen and oxygen atoms in total. The fourth-order valence-electron chi connectivity index (χ4n) is 1.98. The molecule has 0 saturated carbocycles. The van der Waals surface area contributed by atoms with Gasteiger partial charge in [-0.1, -0.05) is 49.1 Å². The number of aryl methyl sites for hydroxylation is 2. The molecule has 1 aromatic carbocycles. The van der Waals surface area contributed by atoms with E-state index in [2.05, 4.69) is 56.8 Å². The third-order valence-corrected chi connectivity index (χ3v) is 3.09. The van der Waals surface area contributed by atoms with Gasteiger partial charge in [-0.15, -0.1) is 0 Å². The highest BCUT2D eigenvalue weighted by Crippen LogP contribution is 2.17. The third kappa shape index (κ3) is 4.07. The van der Waals surface area contributed by atoms with Crippen LogP contribution in [0.4, 0.5) is 0 Å². The Labute approximate surface area is 105 Å². The molecule has 0 amide bonds. The van der Waals surface area contributed by atoms with E-state index < -0.39 is 0 Å². The summed E-state index contributed by atoms with van der Waals surface area (Å²) in [7, 11) is 0. The Hall–Kier alpha value is -1.56. The Kier molecular flexibility index (Phi) is 5.48. The van der Waals surface area contributed by atoms with Crippen molar-refractivity contribution >= 4 is 0 Å². The fourth-order valence-corrected chi connectivity index (χ4v) is 1.98. The summed E-state index contributed by atoms with van der Waals surface area (Å²) in [4.78, 5) is 0. The number of hydrogen-bond donors (Lipinski definition) is 0. The SMILES string of the molecule is C=C/C(CCc1ccccc1C)=C(C)\C=C/C. The van der Waals surface area contributed by atoms with Gasteiger partial charge in [-0.3, -0.25) is 0 Å². The van der Waals surface area contributed by atoms with Crippen molar-refractivity contribution in [3.05, 3.63) is 71.3 Å². The molecule has 1 rings (SSSR count). The normalized spacial score (nSPS) is 12.6. The molecule has 0 bridgehead atoms. The number of hydrogen-bond acceptors (Lipinski definition) is 0. The van der Waals surface area contributed by atoms with Crippen LogP contribution in [-0.2, 0) is 6.42 Å². The Bertz CT molecular complexity index is 433. The minimum Gasteiger partial charge on any atom is -0.0988 e. The van der Waals surface area contributed by atoms with Gasteiger partial charge in [0.25, 0.3) is 0 Å². The van der Waals surface area contributed by atoms with Crippen LogP contribution in [0.2, 0.25) is 0 Å². The zero-order valence-corrected chi connectivity index (χ0v) is 11.2. The maximum Gasteiger partial charge on any atom is -0.0236 e. The summed E-state index contributed by atoms with van der Waals surface area (Å²) in [6, 6.07) is 8.58. The quantitative estimate of drug-likeness (QED) is 0.619. The minimum absolute atomic E-state index is 1.06. The molecule has 1 aromatic rings. The molecule has 0 aromatic heterocycles. The molecule has 0 fully saturated rings. The summed E-state index contributed by atoms with van der Waals surface area (Å²) >= 11 is 0. The molecule has 0 saturated heterocycles. The van der Waals surface area contributed by atoms with Crippen LogP contribution in [0.5, 0.6) is 0 Å². The lowest BCUT2D eigenvalue weighted by molar-refractivity contribution is 0.944. The van der Waals surface area contributed by atoms with Crippen LogP contribution in [0.1, 0.15) is 31.4 Å². The van der Waals surface area contributed by atoms with E-state index in [-0.39, 0.29) is 0 Å². The molecule has 90 valence electrons. The molecule has 0 heterocycles. The first-order chi connectivity index (χ1) is 8.19. The van der Waals surface area contributed by atoms with E-state index in [0.29, 0.717) is 0 Å². The second kappa shape index (κ2) is 6.90. The largest absolute Gasteiger partial charge is 0.0988 e. The van der Waals surface area contributed by atoms with E-state index in [1.165, 1.54) is 22.3 Å². The fraction of sp³-hybridized carbons (Fsp3) is 0.294. The summed E-state index contributed by atoms with van der Waals surface area (Å²) in [5.41, 5.74) is 5.46. The summed E-state index contributed by atoms with van der Waals surface area (Å²) in [6.45, 7) is 10.3. The molecule has 0 unspecified atom stereocenters. The molecule has 0 aliphatic carbocycles. The highest BCUT2D eigenvalue weighted by molar-refractivity contribution is 5.33. The predicted octanol–water partition coefficient (Wildman–Crippen LogP) is 5.01. The van der Waals surface area contributed by atoms with Gasteiger partial charge in [0.15, 0.2) is 0 Å². The van der Waals surface area contributed by atoms with Gasteiger partial charge in [0, 0.05) is 0 Å². The summed E-state index contributed by atoms with van der Waals surface area (Å²) < 4.78 is 0. The van der Waals surface area contributed by atoms with E-state index >= 15 is 0 Å². The zero-order chi connectivity index (χ0) is 12.7. The van der Waals surface area contributed by atoms with Gasteiger partial charge in [-0.25, -0.2) is 0 Å². The summed E-state index contributed by atoms with van der Waals surface area (Å²) in [5.74, 6) is 0. The Morgan fingerprint density at radius 2 is 2.00 bits per heavy atom. The van der Waals surface area contributed by atoms with Crippen LogP contribution in [-0.4, -0.2) is 0 Å². The van der Waals surface area contributed by atoms with Crippen LogP contribution in [0, 0.1) is 6.92 Å². The van der Waals surface area contributed by atoms with Gasteiger partial charge in [0.05, 0.1) is 0 Å². The maximum absolute atomic E-state index is 3.91. The Morgan fingerprint density at radius 3 is 2.59 bits per heavy atom. The van der Waals surface area contributed by atoms with E-state index in [4.69, 9.17) is 0 Å². The van der Waals surface area contributed by atoms with Crippen LogP contribution in [0.25, 0.3) is 0 Å². The average molecular weight is 226 g/mol. The molecule has 0 heteroatoms. The van der Waals surface area contributed by atoms with Crippen LogP contribution in [0.3, 0.4) is 0 Å². The minimum atomic E-state index is 1.06. The molecule has 0 aliphatic heterocycles. The van der Waals surface area contributed by atoms with E-state index in [1.807, 2.05) is 13.0 Å². The molecule has 0 radical (unpaired) electrons. The first-order valence-corrected chi connectivity index (χ1v) is 6.18. The van der Waals surface area contributed by atoms with Crippen LogP contribution >= 0.6 is 0 Å². The van der Waals surface area contributed by atoms with Gasteiger partial charge >= 0.3 is 0 Å². The molecular weight excluding hydrogens is 204 g/mol. The standard InChI is InChI=1S/C17H22/c1-5-9-14(3)16(6-2)12-13-17-11-8-7-10-15(17)4/h5-11H,2,12-13H2,1,3-4H3/b9-5-,16-14+. The van der Waals surface area contributed by atoms with Crippen LogP contribution in [0.15, 0.2) is 60.2 Å². The molecule has 0 N–H and O–H groups in total. The van der Waals surface area contributed by atoms with Crippen molar-refractivity contribution in [2.75, 3.05) is 0 Å². The van der Waals surface area contributed by atoms with Gasteiger partial charge in [-0.2, -0.15) is 0 Å². The van der Waals surface area contributed by atoms with Gasteiger partial charge < -0.3 is 0 Å². The molecular formula is C17H22. The first kappa shape index (κ1) is 13.5. The first-order valence-electron chi connectivity index (χ1n) is 6.18. The van der Waals surface area contributed by atoms with Gasteiger partial charge in [0.1, 0.15) is 0 Å². The lowest BCUT2D eigenvalue weighted by atomic mass is 9.98. The van der Waals surface area contributed by atoms with Gasteiger partial charge in [-0.05, 0) is 55.9 Å². The Balaban J connectivity index is 2.76. The van der Waals surface area contributed by atoms with Crippen LogP contribution < -0.4 is 0 Å². The van der Waals surface area contributed by atoms with Crippen molar-refractivity contribution in [2.24, 2.45) is 0 Å². The molecule has 0 aliphatic rings. The van der Waals surface area contributed by atoms with Crippen molar-refractivity contribution in [2.45, 2.75) is 33.6 Å². The van der Waals surface area contributed by atoms with Crippen molar-refractivity contribution in [1.29, 1.82) is 0 Å². The Morgan fingerprint density at radius 1 is 1.29 bits per heavy atom. The average Bonchev–Trinajstić information content (AvgIpc) is 2.32. The van der Waals surface area contributed by atoms with E-state index in [0.717, 1.165) is 12.8 Å². The summed E-state index contributed by atoms with van der Waals surface area (Å²) in [6.07, 6.45) is 8.35. The zero-order valence-electron chi connectivity index (χ0n) is 11.2. The second-order valence-corrected chi connectivity index (χ2v) is 4.34. The highest BCUT2D eigenvalue weighted by atomic mass is 14.1. The van der Waals surface area contributed by atoms with Crippen molar-refractivity contribution < 1.29 is 0 Å². The molecule has 17 heavy (non-hydrogen) atoms. The van der Waals surface area contributed by atoms with E-state index in [1.54, 1.807) is 0 Å². The molecule has 0 spiro atoms. The number of allylic oxidation sites excluding steroid dienone is 5. The van der Waals surface area contributed by atoms with E-state index in [9.17, 15) is 0 Å². The highest BCUT2D eigenvalue weighted by Gasteiger charge is 2.00. The molecule has 0 atom stereocenters. The second-order valence-electron chi connectivity index (χ2n) is 4.34. The monoisotopic (exact) mass is 226 g/mol. The lowest BCUT2D eigenvalue weighted by Crippen LogP contribution is -1.92. The van der Waals surface area contributed by atoms with Crippen molar-refractivity contribution in [3.8, 4) is 0 Å². The predicted molar refractivity (Wildman–Crippen MR) is 77.2 cm³/mol. The third-order valence-electron chi connectivity index (χ3n) is 3.09. The smallest absolute Gasteiger partial charge is 0.0236 e. The maximum atomic E-state index is 3.91. The van der Waals surface area contributed by atoms with Crippen molar-refractivity contribution in [3.63, 3.8) is 0 Å². The number of benzene rings is 1. The topological polar surface area (TPSA) is 0 Å². The van der Waals surface area contributed by atoms with Gasteiger partial charge in [0.2, 0.25) is 0 Å².